The second-order valence-corrected chi connectivity index (χ2v) is 3.88. The van der Waals surface area contributed by atoms with Crippen LogP contribution in [0.3, 0.4) is 0 Å². The number of nitrogens with two attached hydrogens (primary N) is 1. The maximum absolute atomic E-state index is 11.5. The number of amides is 1. The molecule has 0 radical (unpaired) electrons. The maximum Gasteiger partial charge on any atom is 0.224 e. The molecule has 0 bridgehead atoms. The van der Waals surface area contributed by atoms with Crippen molar-refractivity contribution < 1.29 is 4.79 Å². The Morgan fingerprint density at radius 2 is 2.20 bits per heavy atom. The van der Waals surface area contributed by atoms with E-state index in [1.165, 1.54) is 0 Å². The molecule has 1 aromatic carbocycles. The number of nitrogens with one attached hydrogen (secondary N) is 1. The predicted octanol–water partition coefficient (Wildman–Crippen LogP) is 1.35. The molecule has 0 saturated carbocycles. The van der Waals surface area contributed by atoms with Gasteiger partial charge in [-0.15, -0.1) is 0 Å². The first-order chi connectivity index (χ1) is 7.13. The van der Waals surface area contributed by atoms with Crippen molar-refractivity contribution in [1.29, 1.82) is 0 Å². The van der Waals surface area contributed by atoms with E-state index in [4.69, 9.17) is 17.3 Å². The van der Waals surface area contributed by atoms with Gasteiger partial charge < -0.3 is 11.1 Å². The Morgan fingerprint density at radius 3 is 2.80 bits per heavy atom. The highest BCUT2D eigenvalue weighted by Crippen LogP contribution is 2.15. The fraction of sp³-hybridized carbons (Fsp3) is 0.364. The zero-order chi connectivity index (χ0) is 11.3. The monoisotopic (exact) mass is 226 g/mol. The molecule has 15 heavy (non-hydrogen) atoms. The molecule has 1 amide bonds. The van der Waals surface area contributed by atoms with Crippen LogP contribution >= 0.6 is 11.6 Å². The Bertz CT molecular complexity index is 341. The van der Waals surface area contributed by atoms with Gasteiger partial charge in [0, 0.05) is 17.6 Å². The third-order valence-electron chi connectivity index (χ3n) is 2.07. The van der Waals surface area contributed by atoms with Gasteiger partial charge in [-0.1, -0.05) is 29.8 Å². The van der Waals surface area contributed by atoms with Crippen LogP contribution in [0, 0.1) is 0 Å². The highest BCUT2D eigenvalue weighted by atomic mass is 35.5. The molecule has 1 aromatic rings. The minimum Gasteiger partial charge on any atom is -0.352 e. The lowest BCUT2D eigenvalue weighted by atomic mass is 10.1. The molecule has 0 spiro atoms. The predicted molar refractivity (Wildman–Crippen MR) is 61.8 cm³/mol. The van der Waals surface area contributed by atoms with Crippen LogP contribution in [0.5, 0.6) is 0 Å². The summed E-state index contributed by atoms with van der Waals surface area (Å²) in [5.41, 5.74) is 6.24. The topological polar surface area (TPSA) is 55.1 Å². The van der Waals surface area contributed by atoms with Crippen molar-refractivity contribution >= 4 is 17.5 Å². The van der Waals surface area contributed by atoms with Gasteiger partial charge in [0.1, 0.15) is 0 Å². The fourth-order valence-electron chi connectivity index (χ4n) is 1.20. The van der Waals surface area contributed by atoms with Gasteiger partial charge in [0.25, 0.3) is 0 Å². The summed E-state index contributed by atoms with van der Waals surface area (Å²) >= 11 is 5.93. The number of carbonyl (C=O) groups excluding carboxylic acids is 1. The molecule has 0 unspecified atom stereocenters. The van der Waals surface area contributed by atoms with E-state index >= 15 is 0 Å². The lowest BCUT2D eigenvalue weighted by Crippen LogP contribution is -2.38. The number of benzene rings is 1. The second kappa shape index (κ2) is 5.73. The van der Waals surface area contributed by atoms with E-state index in [9.17, 15) is 4.79 Å². The van der Waals surface area contributed by atoms with Crippen molar-refractivity contribution in [2.45, 2.75) is 19.4 Å². The van der Waals surface area contributed by atoms with Gasteiger partial charge in [0.15, 0.2) is 0 Å². The first-order valence-corrected chi connectivity index (χ1v) is 5.24. The van der Waals surface area contributed by atoms with Crippen LogP contribution in [0.15, 0.2) is 24.3 Å². The molecule has 3 N–H and O–H groups in total. The van der Waals surface area contributed by atoms with E-state index < -0.39 is 0 Å². The van der Waals surface area contributed by atoms with Crippen molar-refractivity contribution in [3.05, 3.63) is 34.9 Å². The van der Waals surface area contributed by atoms with Crippen molar-refractivity contribution in [2.75, 3.05) is 6.54 Å². The largest absolute Gasteiger partial charge is 0.352 e. The molecule has 0 saturated heterocycles. The van der Waals surface area contributed by atoms with E-state index in [2.05, 4.69) is 5.32 Å². The van der Waals surface area contributed by atoms with Crippen molar-refractivity contribution in [2.24, 2.45) is 5.73 Å². The summed E-state index contributed by atoms with van der Waals surface area (Å²) in [6, 6.07) is 7.32. The molecule has 4 heteroatoms. The van der Waals surface area contributed by atoms with Gasteiger partial charge in [0.05, 0.1) is 6.42 Å². The average Bonchev–Trinajstić information content (AvgIpc) is 2.21. The van der Waals surface area contributed by atoms with Crippen molar-refractivity contribution in [3.63, 3.8) is 0 Å². The smallest absolute Gasteiger partial charge is 0.224 e. The first-order valence-electron chi connectivity index (χ1n) is 4.86. The number of hydrogen-bond donors (Lipinski definition) is 2. The van der Waals surface area contributed by atoms with E-state index in [0.717, 1.165) is 5.56 Å². The Kier molecular flexibility index (Phi) is 4.59. The minimum atomic E-state index is -0.0546. The lowest BCUT2D eigenvalue weighted by molar-refractivity contribution is -0.120. The van der Waals surface area contributed by atoms with Crippen LogP contribution in [-0.4, -0.2) is 18.5 Å². The Hall–Kier alpha value is -1.06. The summed E-state index contributed by atoms with van der Waals surface area (Å²) in [6.45, 7) is 2.30. The molecule has 1 atom stereocenters. The molecule has 0 aromatic heterocycles. The minimum absolute atomic E-state index is 0.0000113. The van der Waals surface area contributed by atoms with Gasteiger partial charge in [0.2, 0.25) is 5.91 Å². The van der Waals surface area contributed by atoms with E-state index in [1.54, 1.807) is 6.07 Å². The molecule has 0 aliphatic rings. The van der Waals surface area contributed by atoms with Crippen LogP contribution in [0.2, 0.25) is 5.02 Å². The summed E-state index contributed by atoms with van der Waals surface area (Å²) < 4.78 is 0. The molecule has 0 aliphatic heterocycles. The van der Waals surface area contributed by atoms with E-state index in [1.807, 2.05) is 25.1 Å². The highest BCUT2D eigenvalue weighted by Gasteiger charge is 2.08. The first kappa shape index (κ1) is 12.0. The zero-order valence-electron chi connectivity index (χ0n) is 8.66. The Balaban J connectivity index is 2.55. The standard InChI is InChI=1S/C11H15ClN2O/c1-8(7-13)14-11(15)6-9-4-2-3-5-10(9)12/h2-5,8H,6-7,13H2,1H3,(H,14,15)/t8-/m0/s1. The van der Waals surface area contributed by atoms with E-state index in [-0.39, 0.29) is 11.9 Å². The van der Waals surface area contributed by atoms with Crippen molar-refractivity contribution in [3.8, 4) is 0 Å². The molecule has 1 rings (SSSR count). The third kappa shape index (κ3) is 3.90. The van der Waals surface area contributed by atoms with Crippen LogP contribution in [0.25, 0.3) is 0 Å². The van der Waals surface area contributed by atoms with Gasteiger partial charge in [-0.2, -0.15) is 0 Å². The third-order valence-corrected chi connectivity index (χ3v) is 2.44. The molecular weight excluding hydrogens is 212 g/mol. The Morgan fingerprint density at radius 1 is 1.53 bits per heavy atom. The van der Waals surface area contributed by atoms with Crippen LogP contribution in [0.1, 0.15) is 12.5 Å². The van der Waals surface area contributed by atoms with Crippen LogP contribution < -0.4 is 11.1 Å². The summed E-state index contributed by atoms with van der Waals surface area (Å²) in [6.07, 6.45) is 0.296. The van der Waals surface area contributed by atoms with Crippen LogP contribution in [-0.2, 0) is 11.2 Å². The highest BCUT2D eigenvalue weighted by molar-refractivity contribution is 6.31. The molecule has 0 aliphatic carbocycles. The van der Waals surface area contributed by atoms with Crippen LogP contribution in [0.4, 0.5) is 0 Å². The lowest BCUT2D eigenvalue weighted by Gasteiger charge is -2.11. The molecular formula is C11H15ClN2O. The van der Waals surface area contributed by atoms with Gasteiger partial charge in [-0.3, -0.25) is 4.79 Å². The van der Waals surface area contributed by atoms with Crippen molar-refractivity contribution in [1.82, 2.24) is 5.32 Å². The van der Waals surface area contributed by atoms with Gasteiger partial charge in [-0.25, -0.2) is 0 Å². The Labute approximate surface area is 94.6 Å². The summed E-state index contributed by atoms with van der Waals surface area (Å²) in [5.74, 6) is -0.0546. The van der Waals surface area contributed by atoms with Gasteiger partial charge >= 0.3 is 0 Å². The molecule has 0 heterocycles. The van der Waals surface area contributed by atoms with E-state index in [0.29, 0.717) is 18.0 Å². The molecule has 3 nitrogen and oxygen atoms in total. The second-order valence-electron chi connectivity index (χ2n) is 3.47. The number of hydrogen-bond acceptors (Lipinski definition) is 2. The molecule has 0 fully saturated rings. The number of halogens is 1. The number of carbonyl (C=O) groups is 1. The van der Waals surface area contributed by atoms with Gasteiger partial charge in [-0.05, 0) is 18.6 Å². The SMILES string of the molecule is C[C@@H](CN)NC(=O)Cc1ccccc1Cl. The zero-order valence-corrected chi connectivity index (χ0v) is 9.42. The fourth-order valence-corrected chi connectivity index (χ4v) is 1.40. The summed E-state index contributed by atoms with van der Waals surface area (Å²) in [5, 5.41) is 3.40. The molecule has 82 valence electrons. The summed E-state index contributed by atoms with van der Waals surface area (Å²) in [4.78, 5) is 11.5. The average molecular weight is 227 g/mol. The quantitative estimate of drug-likeness (QED) is 0.814. The maximum atomic E-state index is 11.5. The number of rotatable bonds is 4. The summed E-state index contributed by atoms with van der Waals surface area (Å²) in [7, 11) is 0. The normalized spacial score (nSPS) is 12.2.